The highest BCUT2D eigenvalue weighted by Gasteiger charge is 2.06. The summed E-state index contributed by atoms with van der Waals surface area (Å²) >= 11 is 0. The van der Waals surface area contributed by atoms with Crippen LogP contribution in [-0.4, -0.2) is 73.5 Å². The molecule has 38 heavy (non-hydrogen) atoms. The van der Waals surface area contributed by atoms with Crippen molar-refractivity contribution in [2.24, 2.45) is 0 Å². The predicted molar refractivity (Wildman–Crippen MR) is 154 cm³/mol. The van der Waals surface area contributed by atoms with E-state index in [1.807, 2.05) is 18.2 Å². The quantitative estimate of drug-likeness (QED) is 0.151. The number of nitrogens with one attached hydrogen (secondary N) is 4. The lowest BCUT2D eigenvalue weighted by Gasteiger charge is -2.11. The van der Waals surface area contributed by atoms with Crippen LogP contribution in [0, 0.1) is 0 Å². The standard InChI is InChI=1S/C28H47N7O3/c1-3-5-7-8-9-13-17-31-27-33-26(30-16-6-4-2)34-28(35-27)32-19-21-38-23-22-37-20-18-29-25(36)24-14-11-10-12-15-24/h10-12,14-15H,3-9,13,16-23H2,1-2H3,(H,29,36)(H3,30,31,32,33,34,35). The second kappa shape index (κ2) is 21.0. The van der Waals surface area contributed by atoms with Crippen LogP contribution in [0.1, 0.15) is 75.6 Å². The monoisotopic (exact) mass is 529 g/mol. The third kappa shape index (κ3) is 14.7. The number of benzene rings is 1. The molecule has 0 saturated heterocycles. The zero-order valence-electron chi connectivity index (χ0n) is 23.3. The van der Waals surface area contributed by atoms with Crippen LogP contribution in [0.2, 0.25) is 0 Å². The van der Waals surface area contributed by atoms with Gasteiger partial charge in [0, 0.05) is 31.7 Å². The maximum absolute atomic E-state index is 12.0. The van der Waals surface area contributed by atoms with Gasteiger partial charge < -0.3 is 30.7 Å². The molecule has 2 rings (SSSR count). The zero-order valence-corrected chi connectivity index (χ0v) is 23.3. The molecule has 0 fully saturated rings. The van der Waals surface area contributed by atoms with Crippen molar-refractivity contribution >= 4 is 23.8 Å². The van der Waals surface area contributed by atoms with Crippen LogP contribution in [-0.2, 0) is 9.47 Å². The Hall–Kier alpha value is -2.98. The Kier molecular flexibility index (Phi) is 17.3. The summed E-state index contributed by atoms with van der Waals surface area (Å²) in [6, 6.07) is 9.14. The van der Waals surface area contributed by atoms with E-state index >= 15 is 0 Å². The number of aromatic nitrogens is 3. The third-order valence-corrected chi connectivity index (χ3v) is 5.73. The number of carbonyl (C=O) groups is 1. The molecule has 1 amide bonds. The lowest BCUT2D eigenvalue weighted by molar-refractivity contribution is 0.0519. The van der Waals surface area contributed by atoms with Gasteiger partial charge in [0.2, 0.25) is 17.8 Å². The van der Waals surface area contributed by atoms with Crippen molar-refractivity contribution in [1.82, 2.24) is 20.3 Å². The van der Waals surface area contributed by atoms with Gasteiger partial charge in [-0.05, 0) is 25.0 Å². The van der Waals surface area contributed by atoms with E-state index in [0.717, 1.165) is 32.4 Å². The number of hydrogen-bond donors (Lipinski definition) is 4. The molecule has 0 aliphatic carbocycles. The maximum Gasteiger partial charge on any atom is 0.251 e. The Morgan fingerprint density at radius 1 is 0.632 bits per heavy atom. The highest BCUT2D eigenvalue weighted by molar-refractivity contribution is 5.94. The Morgan fingerprint density at radius 2 is 1.16 bits per heavy atom. The normalized spacial score (nSPS) is 10.8. The van der Waals surface area contributed by atoms with Crippen LogP contribution in [0.15, 0.2) is 30.3 Å². The first-order valence-electron chi connectivity index (χ1n) is 14.2. The van der Waals surface area contributed by atoms with E-state index in [2.05, 4.69) is 50.1 Å². The molecule has 0 aliphatic rings. The molecular formula is C28H47N7O3. The molecule has 0 unspecified atom stereocenters. The molecule has 10 nitrogen and oxygen atoms in total. The summed E-state index contributed by atoms with van der Waals surface area (Å²) in [6.45, 7) is 8.97. The number of nitrogens with zero attached hydrogens (tertiary/aromatic N) is 3. The number of anilines is 3. The van der Waals surface area contributed by atoms with E-state index < -0.39 is 0 Å². The fourth-order valence-electron chi connectivity index (χ4n) is 3.58. The van der Waals surface area contributed by atoms with Crippen molar-refractivity contribution in [3.8, 4) is 0 Å². The van der Waals surface area contributed by atoms with E-state index in [0.29, 0.717) is 62.9 Å². The second-order valence-corrected chi connectivity index (χ2v) is 9.05. The Balaban J connectivity index is 1.60. The summed E-state index contributed by atoms with van der Waals surface area (Å²) in [7, 11) is 0. The van der Waals surface area contributed by atoms with Gasteiger partial charge in [-0.15, -0.1) is 0 Å². The molecule has 0 spiro atoms. The van der Waals surface area contributed by atoms with Crippen molar-refractivity contribution in [3.05, 3.63) is 35.9 Å². The summed E-state index contributed by atoms with van der Waals surface area (Å²) in [5, 5.41) is 12.7. The summed E-state index contributed by atoms with van der Waals surface area (Å²) in [5.41, 5.74) is 0.645. The molecule has 212 valence electrons. The summed E-state index contributed by atoms with van der Waals surface area (Å²) < 4.78 is 11.2. The molecule has 1 aromatic heterocycles. The van der Waals surface area contributed by atoms with Crippen LogP contribution in [0.3, 0.4) is 0 Å². The van der Waals surface area contributed by atoms with Crippen molar-refractivity contribution in [3.63, 3.8) is 0 Å². The summed E-state index contributed by atoms with van der Waals surface area (Å²) in [6.07, 6.45) is 9.65. The molecule has 4 N–H and O–H groups in total. The Bertz CT molecular complexity index is 871. The number of ether oxygens (including phenoxy) is 2. The first-order valence-corrected chi connectivity index (χ1v) is 14.2. The van der Waals surface area contributed by atoms with E-state index in [1.54, 1.807) is 12.1 Å². The van der Waals surface area contributed by atoms with Crippen molar-refractivity contribution in [2.75, 3.05) is 68.6 Å². The van der Waals surface area contributed by atoms with Crippen molar-refractivity contribution < 1.29 is 14.3 Å². The van der Waals surface area contributed by atoms with Crippen LogP contribution in [0.5, 0.6) is 0 Å². The first kappa shape index (κ1) is 31.2. The Morgan fingerprint density at radius 3 is 1.79 bits per heavy atom. The van der Waals surface area contributed by atoms with Gasteiger partial charge in [-0.25, -0.2) is 0 Å². The van der Waals surface area contributed by atoms with E-state index in [1.165, 1.54) is 32.1 Å². The molecule has 0 aliphatic heterocycles. The lowest BCUT2D eigenvalue weighted by atomic mass is 10.1. The summed E-state index contributed by atoms with van der Waals surface area (Å²) in [5.74, 6) is 1.59. The fourth-order valence-corrected chi connectivity index (χ4v) is 3.58. The van der Waals surface area contributed by atoms with Gasteiger partial charge in [0.1, 0.15) is 0 Å². The number of hydrogen-bond acceptors (Lipinski definition) is 9. The molecule has 0 bridgehead atoms. The van der Waals surface area contributed by atoms with Gasteiger partial charge in [0.05, 0.1) is 26.4 Å². The van der Waals surface area contributed by atoms with Gasteiger partial charge in [-0.3, -0.25) is 4.79 Å². The number of carbonyl (C=O) groups excluding carboxylic acids is 1. The highest BCUT2D eigenvalue weighted by Crippen LogP contribution is 2.11. The number of amides is 1. The van der Waals surface area contributed by atoms with Crippen LogP contribution in [0.4, 0.5) is 17.8 Å². The lowest BCUT2D eigenvalue weighted by Crippen LogP contribution is -2.27. The molecule has 1 heterocycles. The van der Waals surface area contributed by atoms with Crippen LogP contribution < -0.4 is 21.3 Å². The second-order valence-electron chi connectivity index (χ2n) is 9.05. The van der Waals surface area contributed by atoms with Gasteiger partial charge in [0.15, 0.2) is 0 Å². The zero-order chi connectivity index (χ0) is 27.1. The summed E-state index contributed by atoms with van der Waals surface area (Å²) in [4.78, 5) is 25.5. The topological polar surface area (TPSA) is 122 Å². The van der Waals surface area contributed by atoms with Crippen LogP contribution >= 0.6 is 0 Å². The van der Waals surface area contributed by atoms with E-state index in [9.17, 15) is 4.79 Å². The average Bonchev–Trinajstić information content (AvgIpc) is 2.94. The minimum atomic E-state index is -0.0978. The van der Waals surface area contributed by atoms with Gasteiger partial charge in [0.25, 0.3) is 5.91 Å². The SMILES string of the molecule is CCCCCCCCNc1nc(NCCCC)nc(NCCOCCOCCNC(=O)c2ccccc2)n1. The first-order chi connectivity index (χ1) is 18.7. The fraction of sp³-hybridized carbons (Fsp3) is 0.643. The van der Waals surface area contributed by atoms with Gasteiger partial charge >= 0.3 is 0 Å². The molecule has 1 aromatic carbocycles. The minimum absolute atomic E-state index is 0.0978. The molecule has 0 radical (unpaired) electrons. The Labute approximate surface area is 228 Å². The van der Waals surface area contributed by atoms with Crippen molar-refractivity contribution in [2.45, 2.75) is 65.2 Å². The number of unbranched alkanes of at least 4 members (excludes halogenated alkanes) is 6. The third-order valence-electron chi connectivity index (χ3n) is 5.73. The smallest absolute Gasteiger partial charge is 0.251 e. The highest BCUT2D eigenvalue weighted by atomic mass is 16.5. The molecular weight excluding hydrogens is 482 g/mol. The number of rotatable bonds is 23. The molecule has 2 aromatic rings. The van der Waals surface area contributed by atoms with Crippen molar-refractivity contribution in [1.29, 1.82) is 0 Å². The van der Waals surface area contributed by atoms with E-state index in [-0.39, 0.29) is 5.91 Å². The maximum atomic E-state index is 12.0. The van der Waals surface area contributed by atoms with Gasteiger partial charge in [-0.1, -0.05) is 70.6 Å². The average molecular weight is 530 g/mol. The minimum Gasteiger partial charge on any atom is -0.377 e. The molecule has 10 heteroatoms. The largest absolute Gasteiger partial charge is 0.377 e. The van der Waals surface area contributed by atoms with Gasteiger partial charge in [-0.2, -0.15) is 15.0 Å². The van der Waals surface area contributed by atoms with E-state index in [4.69, 9.17) is 9.47 Å². The predicted octanol–water partition coefficient (Wildman–Crippen LogP) is 4.73. The molecule has 0 atom stereocenters. The molecule has 0 saturated carbocycles. The van der Waals surface area contributed by atoms with Crippen LogP contribution in [0.25, 0.3) is 0 Å².